The average Bonchev–Trinajstić information content (AvgIpc) is 2.96. The number of benzene rings is 1. The van der Waals surface area contributed by atoms with Crippen LogP contribution in [0.5, 0.6) is 0 Å². The number of fused-ring (bicyclic) bond motifs is 1. The van der Waals surface area contributed by atoms with Crippen LogP contribution < -0.4 is 5.32 Å². The number of carbonyl (C=O) groups excluding carboxylic acids is 1. The van der Waals surface area contributed by atoms with Crippen LogP contribution in [0.2, 0.25) is 0 Å². The molecule has 3 aromatic rings. The molecule has 0 atom stereocenters. The van der Waals surface area contributed by atoms with E-state index < -0.39 is 0 Å². The number of carbonyl (C=O) groups is 1. The highest BCUT2D eigenvalue weighted by molar-refractivity contribution is 7.99. The first kappa shape index (κ1) is 14.6. The van der Waals surface area contributed by atoms with Gasteiger partial charge in [-0.2, -0.15) is 0 Å². The third-order valence-electron chi connectivity index (χ3n) is 3.23. The van der Waals surface area contributed by atoms with Crippen LogP contribution in [0.15, 0.2) is 53.8 Å². The second-order valence-electron chi connectivity index (χ2n) is 4.96. The normalized spacial score (nSPS) is 10.8. The van der Waals surface area contributed by atoms with Gasteiger partial charge in [0.2, 0.25) is 5.91 Å². The summed E-state index contributed by atoms with van der Waals surface area (Å²) in [6.07, 6.45) is 1.89. The van der Waals surface area contributed by atoms with Crippen LogP contribution in [0.3, 0.4) is 0 Å². The van der Waals surface area contributed by atoms with E-state index in [-0.39, 0.29) is 5.91 Å². The van der Waals surface area contributed by atoms with Crippen molar-refractivity contribution in [1.82, 2.24) is 19.9 Å². The fourth-order valence-electron chi connectivity index (χ4n) is 2.01. The fourth-order valence-corrected chi connectivity index (χ4v) is 2.76. The first-order valence-electron chi connectivity index (χ1n) is 6.97. The molecule has 2 aromatic heterocycles. The zero-order valence-electron chi connectivity index (χ0n) is 12.2. The molecule has 0 unspecified atom stereocenters. The van der Waals surface area contributed by atoms with Gasteiger partial charge in [0.05, 0.1) is 5.75 Å². The first-order chi connectivity index (χ1) is 10.7. The molecule has 0 bridgehead atoms. The molecule has 0 saturated carbocycles. The number of nitrogens with one attached hydrogen (secondary N) is 1. The molecule has 22 heavy (non-hydrogen) atoms. The smallest absolute Gasteiger partial charge is 0.230 e. The summed E-state index contributed by atoms with van der Waals surface area (Å²) >= 11 is 1.38. The zero-order chi connectivity index (χ0) is 15.4. The van der Waals surface area contributed by atoms with Gasteiger partial charge in [-0.15, -0.1) is 10.2 Å². The number of rotatable bonds is 5. The summed E-state index contributed by atoms with van der Waals surface area (Å²) in [5.41, 5.74) is 3.09. The minimum absolute atomic E-state index is 0.0155. The molecule has 112 valence electrons. The third kappa shape index (κ3) is 3.46. The number of aryl methyl sites for hydroxylation is 1. The number of hydrogen-bond donors (Lipinski definition) is 1. The highest BCUT2D eigenvalue weighted by Gasteiger charge is 2.08. The maximum absolute atomic E-state index is 11.9. The summed E-state index contributed by atoms with van der Waals surface area (Å²) in [5, 5.41) is 11.8. The molecule has 1 aromatic carbocycles. The number of thioether (sulfide) groups is 1. The van der Waals surface area contributed by atoms with Gasteiger partial charge in [0.15, 0.2) is 10.8 Å². The highest BCUT2D eigenvalue weighted by Crippen LogP contribution is 2.16. The van der Waals surface area contributed by atoms with Gasteiger partial charge in [0, 0.05) is 12.7 Å². The highest BCUT2D eigenvalue weighted by atomic mass is 32.2. The Morgan fingerprint density at radius 2 is 2.00 bits per heavy atom. The van der Waals surface area contributed by atoms with Crippen molar-refractivity contribution >= 4 is 23.3 Å². The van der Waals surface area contributed by atoms with Gasteiger partial charge in [0.25, 0.3) is 0 Å². The quantitative estimate of drug-likeness (QED) is 0.735. The topological polar surface area (TPSA) is 59.3 Å². The van der Waals surface area contributed by atoms with Crippen LogP contribution >= 0.6 is 11.8 Å². The summed E-state index contributed by atoms with van der Waals surface area (Å²) < 4.78 is 1.87. The van der Waals surface area contributed by atoms with Crippen molar-refractivity contribution in [2.24, 2.45) is 0 Å². The number of pyridine rings is 1. The summed E-state index contributed by atoms with van der Waals surface area (Å²) in [4.78, 5) is 11.9. The molecule has 0 fully saturated rings. The van der Waals surface area contributed by atoms with E-state index >= 15 is 0 Å². The van der Waals surface area contributed by atoms with Gasteiger partial charge < -0.3 is 5.32 Å². The van der Waals surface area contributed by atoms with Crippen LogP contribution in [0.4, 0.5) is 0 Å². The molecule has 5 nitrogen and oxygen atoms in total. The standard InChI is InChI=1S/C16H16N4OS/c1-12-5-7-13(8-6-12)10-17-15(21)11-22-16-19-18-14-4-2-3-9-20(14)16/h2-9H,10-11H2,1H3,(H,17,21). The molecular formula is C16H16N4OS. The molecule has 1 amide bonds. The van der Waals surface area contributed by atoms with Gasteiger partial charge in [-0.05, 0) is 24.6 Å². The Labute approximate surface area is 132 Å². The third-order valence-corrected chi connectivity index (χ3v) is 4.17. The van der Waals surface area contributed by atoms with Crippen molar-refractivity contribution in [3.8, 4) is 0 Å². The molecule has 0 saturated heterocycles. The second kappa shape index (κ2) is 6.62. The molecule has 1 N–H and O–H groups in total. The van der Waals surface area contributed by atoms with E-state index in [1.807, 2.05) is 60.0 Å². The lowest BCUT2D eigenvalue weighted by molar-refractivity contribution is -0.118. The molecular weight excluding hydrogens is 296 g/mol. The first-order valence-corrected chi connectivity index (χ1v) is 7.96. The van der Waals surface area contributed by atoms with Gasteiger partial charge >= 0.3 is 0 Å². The van der Waals surface area contributed by atoms with Crippen molar-refractivity contribution in [2.45, 2.75) is 18.6 Å². The SMILES string of the molecule is Cc1ccc(CNC(=O)CSc2nnc3ccccn23)cc1. The maximum atomic E-state index is 11.9. The lowest BCUT2D eigenvalue weighted by Crippen LogP contribution is -2.24. The molecule has 6 heteroatoms. The van der Waals surface area contributed by atoms with Crippen LogP contribution in [0.25, 0.3) is 5.65 Å². The van der Waals surface area contributed by atoms with E-state index in [2.05, 4.69) is 15.5 Å². The molecule has 3 rings (SSSR count). The summed E-state index contributed by atoms with van der Waals surface area (Å²) in [7, 11) is 0. The Morgan fingerprint density at radius 1 is 1.18 bits per heavy atom. The van der Waals surface area contributed by atoms with Crippen molar-refractivity contribution in [1.29, 1.82) is 0 Å². The van der Waals surface area contributed by atoms with E-state index in [0.717, 1.165) is 16.4 Å². The largest absolute Gasteiger partial charge is 0.351 e. The Hall–Kier alpha value is -2.34. The number of hydrogen-bond acceptors (Lipinski definition) is 4. The van der Waals surface area contributed by atoms with Crippen LogP contribution in [-0.2, 0) is 11.3 Å². The van der Waals surface area contributed by atoms with E-state index in [4.69, 9.17) is 0 Å². The van der Waals surface area contributed by atoms with Crippen molar-refractivity contribution in [2.75, 3.05) is 5.75 Å². The second-order valence-corrected chi connectivity index (χ2v) is 5.90. The summed E-state index contributed by atoms with van der Waals surface area (Å²) in [6, 6.07) is 13.8. The minimum atomic E-state index is -0.0155. The van der Waals surface area contributed by atoms with E-state index in [1.165, 1.54) is 17.3 Å². The monoisotopic (exact) mass is 312 g/mol. The Kier molecular flexibility index (Phi) is 4.39. The van der Waals surface area contributed by atoms with Crippen LogP contribution in [0, 0.1) is 6.92 Å². The Morgan fingerprint density at radius 3 is 2.82 bits per heavy atom. The van der Waals surface area contributed by atoms with Crippen molar-refractivity contribution in [3.05, 3.63) is 59.8 Å². The Balaban J connectivity index is 1.53. The molecule has 0 aliphatic carbocycles. The molecule has 2 heterocycles. The lowest BCUT2D eigenvalue weighted by Gasteiger charge is -2.05. The number of amides is 1. The fraction of sp³-hybridized carbons (Fsp3) is 0.188. The van der Waals surface area contributed by atoms with E-state index in [1.54, 1.807) is 0 Å². The van der Waals surface area contributed by atoms with E-state index in [9.17, 15) is 4.79 Å². The minimum Gasteiger partial charge on any atom is -0.351 e. The van der Waals surface area contributed by atoms with Gasteiger partial charge in [-0.25, -0.2) is 0 Å². The average molecular weight is 312 g/mol. The molecule has 0 aliphatic heterocycles. The molecule has 0 aliphatic rings. The van der Waals surface area contributed by atoms with Gasteiger partial charge in [0.1, 0.15) is 0 Å². The molecule has 0 spiro atoms. The number of aromatic nitrogens is 3. The van der Waals surface area contributed by atoms with Crippen LogP contribution in [-0.4, -0.2) is 26.3 Å². The van der Waals surface area contributed by atoms with E-state index in [0.29, 0.717) is 12.3 Å². The van der Waals surface area contributed by atoms with Crippen molar-refractivity contribution in [3.63, 3.8) is 0 Å². The summed E-state index contributed by atoms with van der Waals surface area (Å²) in [5.74, 6) is 0.305. The summed E-state index contributed by atoms with van der Waals surface area (Å²) in [6.45, 7) is 2.59. The lowest BCUT2D eigenvalue weighted by atomic mass is 10.1. The predicted octanol–water partition coefficient (Wildman–Crippen LogP) is 2.45. The van der Waals surface area contributed by atoms with Crippen molar-refractivity contribution < 1.29 is 4.79 Å². The predicted molar refractivity (Wildman–Crippen MR) is 86.7 cm³/mol. The maximum Gasteiger partial charge on any atom is 0.230 e. The molecule has 0 radical (unpaired) electrons. The Bertz CT molecular complexity index is 782. The number of nitrogens with zero attached hydrogens (tertiary/aromatic N) is 3. The van der Waals surface area contributed by atoms with Gasteiger partial charge in [-0.3, -0.25) is 9.20 Å². The zero-order valence-corrected chi connectivity index (χ0v) is 13.0. The van der Waals surface area contributed by atoms with Crippen LogP contribution in [0.1, 0.15) is 11.1 Å². The van der Waals surface area contributed by atoms with Gasteiger partial charge in [-0.1, -0.05) is 47.7 Å².